The standard InChI is InChI=1S/C14H25N3O2S/c1-2-7-16-12-14(10-13(16)11-15)20(18,19)17-8-5-3-4-6-9-17/h10,12H,2-9,11,15H2,1H3. The smallest absolute Gasteiger partial charge is 0.244 e. The van der Waals surface area contributed by atoms with E-state index >= 15 is 0 Å². The predicted molar refractivity (Wildman–Crippen MR) is 79.8 cm³/mol. The Bertz CT molecular complexity index is 529. The fourth-order valence-corrected chi connectivity index (χ4v) is 4.30. The van der Waals surface area contributed by atoms with E-state index < -0.39 is 10.0 Å². The van der Waals surface area contributed by atoms with Crippen molar-refractivity contribution < 1.29 is 8.42 Å². The summed E-state index contributed by atoms with van der Waals surface area (Å²) in [4.78, 5) is 0.397. The van der Waals surface area contributed by atoms with Crippen molar-refractivity contribution >= 4 is 10.0 Å². The highest BCUT2D eigenvalue weighted by Gasteiger charge is 2.26. The van der Waals surface area contributed by atoms with Gasteiger partial charge in [0.15, 0.2) is 0 Å². The van der Waals surface area contributed by atoms with Gasteiger partial charge in [-0.15, -0.1) is 0 Å². The summed E-state index contributed by atoms with van der Waals surface area (Å²) >= 11 is 0. The van der Waals surface area contributed by atoms with Gasteiger partial charge in [0.2, 0.25) is 10.0 Å². The first-order valence-corrected chi connectivity index (χ1v) is 8.93. The summed E-state index contributed by atoms with van der Waals surface area (Å²) in [5.74, 6) is 0. The van der Waals surface area contributed by atoms with Crippen molar-refractivity contribution in [2.45, 2.75) is 57.0 Å². The third kappa shape index (κ3) is 3.24. The third-order valence-corrected chi connectivity index (χ3v) is 5.70. The van der Waals surface area contributed by atoms with E-state index in [1.54, 1.807) is 16.6 Å². The first-order valence-electron chi connectivity index (χ1n) is 7.49. The van der Waals surface area contributed by atoms with Crippen molar-refractivity contribution in [3.05, 3.63) is 18.0 Å². The highest BCUT2D eigenvalue weighted by atomic mass is 32.2. The normalized spacial score (nSPS) is 18.1. The van der Waals surface area contributed by atoms with Crippen LogP contribution in [0.2, 0.25) is 0 Å². The summed E-state index contributed by atoms with van der Waals surface area (Å²) < 4.78 is 29.0. The molecule has 1 saturated heterocycles. The summed E-state index contributed by atoms with van der Waals surface area (Å²) in [7, 11) is -3.36. The molecule has 0 atom stereocenters. The van der Waals surface area contributed by atoms with Gasteiger partial charge in [0, 0.05) is 38.1 Å². The van der Waals surface area contributed by atoms with E-state index in [9.17, 15) is 8.42 Å². The van der Waals surface area contributed by atoms with Crippen LogP contribution in [0.5, 0.6) is 0 Å². The van der Waals surface area contributed by atoms with Crippen molar-refractivity contribution in [2.75, 3.05) is 13.1 Å². The first-order chi connectivity index (χ1) is 9.59. The van der Waals surface area contributed by atoms with Crippen LogP contribution in [0.25, 0.3) is 0 Å². The van der Waals surface area contributed by atoms with Crippen molar-refractivity contribution in [1.29, 1.82) is 0 Å². The zero-order valence-electron chi connectivity index (χ0n) is 12.2. The lowest BCUT2D eigenvalue weighted by Gasteiger charge is -2.18. The SMILES string of the molecule is CCCn1cc(S(=O)(=O)N2CCCCCC2)cc1CN. The van der Waals surface area contributed by atoms with Gasteiger partial charge in [0.25, 0.3) is 0 Å². The molecule has 1 aliphatic rings. The summed E-state index contributed by atoms with van der Waals surface area (Å²) in [6.45, 7) is 4.53. The van der Waals surface area contributed by atoms with Crippen molar-refractivity contribution in [3.63, 3.8) is 0 Å². The molecular weight excluding hydrogens is 274 g/mol. The van der Waals surface area contributed by atoms with Crippen LogP contribution in [0.1, 0.15) is 44.7 Å². The highest BCUT2D eigenvalue weighted by Crippen LogP contribution is 2.22. The highest BCUT2D eigenvalue weighted by molar-refractivity contribution is 7.89. The first kappa shape index (κ1) is 15.5. The number of nitrogens with zero attached hydrogens (tertiary/aromatic N) is 2. The summed E-state index contributed by atoms with van der Waals surface area (Å²) in [5, 5.41) is 0. The fourth-order valence-electron chi connectivity index (χ4n) is 2.72. The van der Waals surface area contributed by atoms with Crippen LogP contribution in [-0.4, -0.2) is 30.4 Å². The molecule has 0 spiro atoms. The summed E-state index contributed by atoms with van der Waals surface area (Å²) in [6, 6.07) is 1.73. The molecule has 114 valence electrons. The van der Waals surface area contributed by atoms with Crippen LogP contribution in [0.15, 0.2) is 17.2 Å². The largest absolute Gasteiger partial charge is 0.349 e. The number of sulfonamides is 1. The zero-order chi connectivity index (χ0) is 14.6. The van der Waals surface area contributed by atoms with Gasteiger partial charge in [-0.2, -0.15) is 4.31 Å². The van der Waals surface area contributed by atoms with E-state index in [1.807, 2.05) is 4.57 Å². The number of aryl methyl sites for hydroxylation is 1. The van der Waals surface area contributed by atoms with Gasteiger partial charge in [-0.3, -0.25) is 0 Å². The molecular formula is C14H25N3O2S. The second-order valence-corrected chi connectivity index (χ2v) is 7.32. The molecule has 1 fully saturated rings. The van der Waals surface area contributed by atoms with Crippen LogP contribution in [-0.2, 0) is 23.1 Å². The number of nitrogens with two attached hydrogens (primary N) is 1. The Morgan fingerprint density at radius 1 is 1.20 bits per heavy atom. The summed E-state index contributed by atoms with van der Waals surface area (Å²) in [5.41, 5.74) is 6.60. The van der Waals surface area contributed by atoms with E-state index in [1.165, 1.54) is 0 Å². The zero-order valence-corrected chi connectivity index (χ0v) is 13.0. The quantitative estimate of drug-likeness (QED) is 0.903. The van der Waals surface area contributed by atoms with Gasteiger partial charge in [0.1, 0.15) is 4.90 Å². The lowest BCUT2D eigenvalue weighted by Crippen LogP contribution is -2.31. The van der Waals surface area contributed by atoms with Gasteiger partial charge in [-0.1, -0.05) is 19.8 Å². The minimum absolute atomic E-state index is 0.371. The van der Waals surface area contributed by atoms with Crippen LogP contribution in [0, 0.1) is 0 Å². The Balaban J connectivity index is 2.28. The monoisotopic (exact) mass is 299 g/mol. The molecule has 0 aromatic carbocycles. The van der Waals surface area contributed by atoms with Crippen LogP contribution < -0.4 is 5.73 Å². The lowest BCUT2D eigenvalue weighted by atomic mass is 10.2. The average Bonchev–Trinajstić information content (AvgIpc) is 2.66. The molecule has 6 heteroatoms. The lowest BCUT2D eigenvalue weighted by molar-refractivity contribution is 0.423. The second kappa shape index (κ2) is 6.74. The molecule has 5 nitrogen and oxygen atoms in total. The Morgan fingerprint density at radius 2 is 1.85 bits per heavy atom. The molecule has 1 aromatic rings. The maximum Gasteiger partial charge on any atom is 0.244 e. The topological polar surface area (TPSA) is 68.3 Å². The molecule has 0 radical (unpaired) electrons. The molecule has 0 bridgehead atoms. The predicted octanol–water partition coefficient (Wildman–Crippen LogP) is 1.92. The number of hydrogen-bond donors (Lipinski definition) is 1. The maximum atomic E-state index is 12.7. The molecule has 0 saturated carbocycles. The Labute approximate surface area is 121 Å². The van der Waals surface area contributed by atoms with Crippen LogP contribution >= 0.6 is 0 Å². The molecule has 1 aromatic heterocycles. The second-order valence-electron chi connectivity index (χ2n) is 5.38. The van der Waals surface area contributed by atoms with Crippen molar-refractivity contribution in [2.24, 2.45) is 5.73 Å². The van der Waals surface area contributed by atoms with E-state index in [0.717, 1.165) is 44.3 Å². The van der Waals surface area contributed by atoms with Crippen molar-refractivity contribution in [1.82, 2.24) is 8.87 Å². The molecule has 0 amide bonds. The molecule has 2 N–H and O–H groups in total. The minimum atomic E-state index is -3.36. The van der Waals surface area contributed by atoms with Gasteiger partial charge in [0.05, 0.1) is 0 Å². The fraction of sp³-hybridized carbons (Fsp3) is 0.714. The third-order valence-electron chi connectivity index (χ3n) is 3.84. The van der Waals surface area contributed by atoms with Crippen molar-refractivity contribution in [3.8, 4) is 0 Å². The van der Waals surface area contributed by atoms with E-state index in [2.05, 4.69) is 6.92 Å². The minimum Gasteiger partial charge on any atom is -0.349 e. The maximum absolute atomic E-state index is 12.7. The number of aromatic nitrogens is 1. The number of rotatable bonds is 5. The Kier molecular flexibility index (Phi) is 5.23. The molecule has 0 aliphatic carbocycles. The molecule has 2 heterocycles. The molecule has 0 unspecified atom stereocenters. The van der Waals surface area contributed by atoms with E-state index in [4.69, 9.17) is 5.73 Å². The average molecular weight is 299 g/mol. The van der Waals surface area contributed by atoms with Crippen LogP contribution in [0.3, 0.4) is 0 Å². The number of hydrogen-bond acceptors (Lipinski definition) is 3. The van der Waals surface area contributed by atoms with Gasteiger partial charge in [-0.05, 0) is 25.3 Å². The van der Waals surface area contributed by atoms with Gasteiger partial charge < -0.3 is 10.3 Å². The molecule has 2 rings (SSSR count). The van der Waals surface area contributed by atoms with E-state index in [0.29, 0.717) is 24.5 Å². The Morgan fingerprint density at radius 3 is 2.40 bits per heavy atom. The summed E-state index contributed by atoms with van der Waals surface area (Å²) in [6.07, 6.45) is 6.86. The Hall–Kier alpha value is -0.850. The van der Waals surface area contributed by atoms with Gasteiger partial charge in [-0.25, -0.2) is 8.42 Å². The van der Waals surface area contributed by atoms with E-state index in [-0.39, 0.29) is 0 Å². The van der Waals surface area contributed by atoms with Gasteiger partial charge >= 0.3 is 0 Å². The van der Waals surface area contributed by atoms with Crippen LogP contribution in [0.4, 0.5) is 0 Å². The molecule has 1 aliphatic heterocycles. The molecule has 20 heavy (non-hydrogen) atoms.